The molecule has 17 heavy (non-hydrogen) atoms. The minimum Gasteiger partial charge on any atom is -0.459 e. The van der Waals surface area contributed by atoms with Gasteiger partial charge in [-0.05, 0) is 25.6 Å². The fraction of sp³-hybridized carbons (Fsp3) is 0.583. The summed E-state index contributed by atoms with van der Waals surface area (Å²) in [4.78, 5) is 13.8. The SMILES string of the molecule is CN1CCOC(CCNC(=O)c2ccco2)C1. The molecule has 0 spiro atoms. The van der Waals surface area contributed by atoms with Crippen LogP contribution >= 0.6 is 0 Å². The van der Waals surface area contributed by atoms with Gasteiger partial charge in [-0.25, -0.2) is 0 Å². The molecule has 5 heteroatoms. The summed E-state index contributed by atoms with van der Waals surface area (Å²) in [6.45, 7) is 3.29. The van der Waals surface area contributed by atoms with E-state index in [9.17, 15) is 4.79 Å². The highest BCUT2D eigenvalue weighted by Crippen LogP contribution is 2.06. The van der Waals surface area contributed by atoms with Gasteiger partial charge < -0.3 is 19.4 Å². The molecule has 1 N–H and O–H groups in total. The highest BCUT2D eigenvalue weighted by molar-refractivity contribution is 5.91. The molecular formula is C12H18N2O3. The third-order valence-electron chi connectivity index (χ3n) is 2.84. The first-order valence-electron chi connectivity index (χ1n) is 5.87. The third-order valence-corrected chi connectivity index (χ3v) is 2.84. The Labute approximate surface area is 101 Å². The molecule has 5 nitrogen and oxygen atoms in total. The van der Waals surface area contributed by atoms with Gasteiger partial charge in [0, 0.05) is 19.6 Å². The maximum absolute atomic E-state index is 11.6. The summed E-state index contributed by atoms with van der Waals surface area (Å²) < 4.78 is 10.6. The van der Waals surface area contributed by atoms with Crippen LogP contribution in [0.25, 0.3) is 0 Å². The monoisotopic (exact) mass is 238 g/mol. The lowest BCUT2D eigenvalue weighted by Crippen LogP contribution is -2.41. The average molecular weight is 238 g/mol. The van der Waals surface area contributed by atoms with Crippen LogP contribution in [0.5, 0.6) is 0 Å². The van der Waals surface area contributed by atoms with Crippen molar-refractivity contribution in [3.05, 3.63) is 24.2 Å². The van der Waals surface area contributed by atoms with E-state index in [1.807, 2.05) is 0 Å². The Kier molecular flexibility index (Phi) is 4.17. The molecule has 1 atom stereocenters. The number of furan rings is 1. The van der Waals surface area contributed by atoms with Crippen molar-refractivity contribution in [1.82, 2.24) is 10.2 Å². The topological polar surface area (TPSA) is 54.7 Å². The van der Waals surface area contributed by atoms with Crippen LogP contribution in [0.1, 0.15) is 17.0 Å². The van der Waals surface area contributed by atoms with Gasteiger partial charge in [0.05, 0.1) is 19.0 Å². The van der Waals surface area contributed by atoms with Crippen molar-refractivity contribution < 1.29 is 13.9 Å². The van der Waals surface area contributed by atoms with E-state index in [2.05, 4.69) is 17.3 Å². The van der Waals surface area contributed by atoms with E-state index in [0.717, 1.165) is 26.1 Å². The van der Waals surface area contributed by atoms with Gasteiger partial charge in [-0.3, -0.25) is 4.79 Å². The van der Waals surface area contributed by atoms with Gasteiger partial charge in [0.25, 0.3) is 5.91 Å². The number of amides is 1. The van der Waals surface area contributed by atoms with E-state index < -0.39 is 0 Å². The summed E-state index contributed by atoms with van der Waals surface area (Å²) in [5, 5.41) is 2.82. The number of carbonyl (C=O) groups excluding carboxylic acids is 1. The molecule has 0 bridgehead atoms. The van der Waals surface area contributed by atoms with Gasteiger partial charge in [-0.1, -0.05) is 0 Å². The predicted octanol–water partition coefficient (Wildman–Crippen LogP) is 0.730. The minimum atomic E-state index is -0.167. The van der Waals surface area contributed by atoms with Crippen LogP contribution in [-0.4, -0.2) is 50.2 Å². The van der Waals surface area contributed by atoms with Crippen LogP contribution in [0, 0.1) is 0 Å². The van der Waals surface area contributed by atoms with Crippen molar-refractivity contribution in [2.45, 2.75) is 12.5 Å². The Morgan fingerprint density at radius 1 is 1.65 bits per heavy atom. The van der Waals surface area contributed by atoms with Gasteiger partial charge in [-0.2, -0.15) is 0 Å². The molecule has 1 fully saturated rings. The smallest absolute Gasteiger partial charge is 0.286 e. The lowest BCUT2D eigenvalue weighted by molar-refractivity contribution is -0.0226. The normalized spacial score (nSPS) is 21.4. The molecule has 1 aliphatic heterocycles. The minimum absolute atomic E-state index is 0.167. The molecule has 1 amide bonds. The third kappa shape index (κ3) is 3.57. The summed E-state index contributed by atoms with van der Waals surface area (Å²) in [5.41, 5.74) is 0. The summed E-state index contributed by atoms with van der Waals surface area (Å²) in [6.07, 6.45) is 2.54. The number of carbonyl (C=O) groups is 1. The maximum atomic E-state index is 11.6. The van der Waals surface area contributed by atoms with Crippen molar-refractivity contribution in [3.63, 3.8) is 0 Å². The van der Waals surface area contributed by atoms with Gasteiger partial charge in [-0.15, -0.1) is 0 Å². The molecule has 94 valence electrons. The average Bonchev–Trinajstić information content (AvgIpc) is 2.82. The summed E-state index contributed by atoms with van der Waals surface area (Å²) >= 11 is 0. The van der Waals surface area contributed by atoms with E-state index in [1.54, 1.807) is 12.1 Å². The van der Waals surface area contributed by atoms with Gasteiger partial charge in [0.15, 0.2) is 5.76 Å². The Hall–Kier alpha value is -1.33. The number of hydrogen-bond acceptors (Lipinski definition) is 4. The van der Waals surface area contributed by atoms with Gasteiger partial charge in [0.1, 0.15) is 0 Å². The summed E-state index contributed by atoms with van der Waals surface area (Å²) in [6, 6.07) is 3.36. The zero-order valence-corrected chi connectivity index (χ0v) is 10.0. The Bertz CT molecular complexity index is 351. The highest BCUT2D eigenvalue weighted by atomic mass is 16.5. The molecular weight excluding hydrogens is 220 g/mol. The van der Waals surface area contributed by atoms with Crippen molar-refractivity contribution >= 4 is 5.91 Å². The number of nitrogens with zero attached hydrogens (tertiary/aromatic N) is 1. The maximum Gasteiger partial charge on any atom is 0.286 e. The first kappa shape index (κ1) is 12.1. The molecule has 0 aliphatic carbocycles. The van der Waals surface area contributed by atoms with Crippen LogP contribution in [0.4, 0.5) is 0 Å². The molecule has 1 aromatic rings. The summed E-state index contributed by atoms with van der Waals surface area (Å²) in [5.74, 6) is 0.186. The molecule has 2 heterocycles. The number of morpholine rings is 1. The van der Waals surface area contributed by atoms with Crippen LogP contribution in [-0.2, 0) is 4.74 Å². The fourth-order valence-corrected chi connectivity index (χ4v) is 1.88. The molecule has 1 unspecified atom stereocenters. The van der Waals surface area contributed by atoms with Crippen molar-refractivity contribution in [3.8, 4) is 0 Å². The lowest BCUT2D eigenvalue weighted by atomic mass is 10.2. The molecule has 1 aliphatic rings. The second-order valence-corrected chi connectivity index (χ2v) is 4.28. The summed E-state index contributed by atoms with van der Waals surface area (Å²) in [7, 11) is 2.08. The fourth-order valence-electron chi connectivity index (χ4n) is 1.88. The van der Waals surface area contributed by atoms with Crippen molar-refractivity contribution in [1.29, 1.82) is 0 Å². The first-order chi connectivity index (χ1) is 8.25. The highest BCUT2D eigenvalue weighted by Gasteiger charge is 2.17. The van der Waals surface area contributed by atoms with Crippen LogP contribution in [0.2, 0.25) is 0 Å². The first-order valence-corrected chi connectivity index (χ1v) is 5.87. The second-order valence-electron chi connectivity index (χ2n) is 4.28. The molecule has 0 radical (unpaired) electrons. The number of likely N-dealkylation sites (N-methyl/N-ethyl adjacent to an activating group) is 1. The Morgan fingerprint density at radius 2 is 2.53 bits per heavy atom. The van der Waals surface area contributed by atoms with Crippen molar-refractivity contribution in [2.24, 2.45) is 0 Å². The Morgan fingerprint density at radius 3 is 3.24 bits per heavy atom. The van der Waals surface area contributed by atoms with E-state index in [-0.39, 0.29) is 12.0 Å². The number of rotatable bonds is 4. The zero-order valence-electron chi connectivity index (χ0n) is 10.0. The second kappa shape index (κ2) is 5.84. The van der Waals surface area contributed by atoms with Crippen LogP contribution in [0.15, 0.2) is 22.8 Å². The van der Waals surface area contributed by atoms with Crippen molar-refractivity contribution in [2.75, 3.05) is 33.3 Å². The van der Waals surface area contributed by atoms with E-state index in [1.165, 1.54) is 6.26 Å². The molecule has 0 aromatic carbocycles. The molecule has 1 aromatic heterocycles. The molecule has 1 saturated heterocycles. The largest absolute Gasteiger partial charge is 0.459 e. The number of ether oxygens (including phenoxy) is 1. The quantitative estimate of drug-likeness (QED) is 0.840. The van der Waals surface area contributed by atoms with E-state index in [0.29, 0.717) is 12.3 Å². The molecule has 0 saturated carbocycles. The van der Waals surface area contributed by atoms with Crippen LogP contribution in [0.3, 0.4) is 0 Å². The lowest BCUT2D eigenvalue weighted by Gasteiger charge is -2.30. The van der Waals surface area contributed by atoms with Gasteiger partial charge >= 0.3 is 0 Å². The van der Waals surface area contributed by atoms with E-state index in [4.69, 9.17) is 9.15 Å². The predicted molar refractivity (Wildman–Crippen MR) is 62.9 cm³/mol. The number of hydrogen-bond donors (Lipinski definition) is 1. The number of nitrogens with one attached hydrogen (secondary N) is 1. The van der Waals surface area contributed by atoms with E-state index >= 15 is 0 Å². The molecule has 2 rings (SSSR count). The zero-order chi connectivity index (χ0) is 12.1. The van der Waals surface area contributed by atoms with Gasteiger partial charge in [0.2, 0.25) is 0 Å². The van der Waals surface area contributed by atoms with Crippen LogP contribution < -0.4 is 5.32 Å². The standard InChI is InChI=1S/C12H18N2O3/c1-14-6-8-16-10(9-14)4-5-13-12(15)11-3-2-7-17-11/h2-3,7,10H,4-6,8-9H2,1H3,(H,13,15). The Balaban J connectivity index is 1.67.